The fourth-order valence-corrected chi connectivity index (χ4v) is 4.53. The largest absolute Gasteiger partial charge is 0.460 e. The second-order valence-electron chi connectivity index (χ2n) is 6.68. The van der Waals surface area contributed by atoms with Crippen LogP contribution in [0.5, 0.6) is 0 Å². The van der Waals surface area contributed by atoms with Crippen LogP contribution in [0, 0.1) is 22.7 Å². The van der Waals surface area contributed by atoms with Crippen molar-refractivity contribution < 1.29 is 9.53 Å². The number of ether oxygens (including phenoxy) is 1. The van der Waals surface area contributed by atoms with Gasteiger partial charge in [0.25, 0.3) is 0 Å². The summed E-state index contributed by atoms with van der Waals surface area (Å²) in [5.74, 6) is 1.42. The SMILES string of the molecule is C=C1COC(=O)[C@]12C[C@H]1CCC[C@@H](C)[C@]1(C)C2. The van der Waals surface area contributed by atoms with Crippen LogP contribution in [-0.2, 0) is 9.53 Å². The van der Waals surface area contributed by atoms with Crippen LogP contribution < -0.4 is 0 Å². The molecule has 2 heteroatoms. The van der Waals surface area contributed by atoms with Gasteiger partial charge in [0.05, 0.1) is 5.41 Å². The second kappa shape index (κ2) is 3.37. The second-order valence-corrected chi connectivity index (χ2v) is 6.68. The zero-order valence-corrected chi connectivity index (χ0v) is 10.9. The van der Waals surface area contributed by atoms with Crippen LogP contribution in [0.2, 0.25) is 0 Å². The number of hydrogen-bond acceptors (Lipinski definition) is 2. The van der Waals surface area contributed by atoms with E-state index < -0.39 is 0 Å². The summed E-state index contributed by atoms with van der Waals surface area (Å²) in [6, 6.07) is 0. The molecule has 3 aliphatic rings. The number of hydrogen-bond donors (Lipinski definition) is 0. The van der Waals surface area contributed by atoms with Crippen LogP contribution in [-0.4, -0.2) is 12.6 Å². The lowest BCUT2D eigenvalue weighted by Crippen LogP contribution is -2.34. The number of cyclic esters (lactones) is 1. The molecule has 0 N–H and O–H groups in total. The molecule has 4 atom stereocenters. The highest BCUT2D eigenvalue weighted by molar-refractivity contribution is 5.84. The Morgan fingerprint density at radius 3 is 2.76 bits per heavy atom. The molecule has 0 aromatic carbocycles. The summed E-state index contributed by atoms with van der Waals surface area (Å²) in [5.41, 5.74) is 1.04. The van der Waals surface area contributed by atoms with Crippen molar-refractivity contribution in [3.05, 3.63) is 12.2 Å². The molecular formula is C15H22O2. The van der Waals surface area contributed by atoms with E-state index in [1.165, 1.54) is 19.3 Å². The third kappa shape index (κ3) is 1.30. The molecule has 0 radical (unpaired) electrons. The molecular weight excluding hydrogens is 212 g/mol. The normalized spacial score (nSPS) is 49.5. The quantitative estimate of drug-likeness (QED) is 0.475. The zero-order valence-electron chi connectivity index (χ0n) is 10.9. The third-order valence-electron chi connectivity index (χ3n) is 5.97. The van der Waals surface area contributed by atoms with E-state index in [0.29, 0.717) is 17.9 Å². The van der Waals surface area contributed by atoms with E-state index in [1.54, 1.807) is 0 Å². The lowest BCUT2D eigenvalue weighted by Gasteiger charge is -2.42. The van der Waals surface area contributed by atoms with Crippen molar-refractivity contribution in [2.24, 2.45) is 22.7 Å². The van der Waals surface area contributed by atoms with Crippen molar-refractivity contribution in [3.63, 3.8) is 0 Å². The van der Waals surface area contributed by atoms with Crippen molar-refractivity contribution in [2.75, 3.05) is 6.61 Å². The first kappa shape index (κ1) is 11.3. The van der Waals surface area contributed by atoms with Crippen LogP contribution in [0.25, 0.3) is 0 Å². The summed E-state index contributed by atoms with van der Waals surface area (Å²) in [4.78, 5) is 12.1. The van der Waals surface area contributed by atoms with Crippen LogP contribution in [0.3, 0.4) is 0 Å². The summed E-state index contributed by atoms with van der Waals surface area (Å²) >= 11 is 0. The maximum atomic E-state index is 12.1. The maximum absolute atomic E-state index is 12.1. The summed E-state index contributed by atoms with van der Waals surface area (Å²) in [7, 11) is 0. The molecule has 94 valence electrons. The van der Waals surface area contributed by atoms with Gasteiger partial charge in [-0.05, 0) is 42.1 Å². The third-order valence-corrected chi connectivity index (χ3v) is 5.97. The molecule has 2 aliphatic carbocycles. The Morgan fingerprint density at radius 2 is 2.18 bits per heavy atom. The Morgan fingerprint density at radius 1 is 1.41 bits per heavy atom. The number of esters is 1. The molecule has 2 saturated carbocycles. The average Bonchev–Trinajstić information content (AvgIpc) is 2.74. The monoisotopic (exact) mass is 234 g/mol. The van der Waals surface area contributed by atoms with Gasteiger partial charge in [0.15, 0.2) is 0 Å². The van der Waals surface area contributed by atoms with Gasteiger partial charge < -0.3 is 4.74 Å². The molecule has 0 amide bonds. The van der Waals surface area contributed by atoms with Crippen molar-refractivity contribution in [2.45, 2.75) is 46.0 Å². The minimum absolute atomic E-state index is 0.00493. The molecule has 0 aromatic rings. The van der Waals surface area contributed by atoms with Gasteiger partial charge in [-0.3, -0.25) is 4.79 Å². The number of rotatable bonds is 0. The predicted molar refractivity (Wildman–Crippen MR) is 66.4 cm³/mol. The van der Waals surface area contributed by atoms with Gasteiger partial charge in [-0.15, -0.1) is 0 Å². The van der Waals surface area contributed by atoms with Gasteiger partial charge in [-0.25, -0.2) is 0 Å². The van der Waals surface area contributed by atoms with E-state index in [0.717, 1.165) is 24.3 Å². The average molecular weight is 234 g/mol. The first-order valence-corrected chi connectivity index (χ1v) is 6.84. The van der Waals surface area contributed by atoms with E-state index in [9.17, 15) is 4.79 Å². The lowest BCUT2D eigenvalue weighted by molar-refractivity contribution is -0.146. The summed E-state index contributed by atoms with van der Waals surface area (Å²) < 4.78 is 5.25. The molecule has 1 saturated heterocycles. The Balaban J connectivity index is 1.98. The fourth-order valence-electron chi connectivity index (χ4n) is 4.53. The number of carbonyl (C=O) groups excluding carboxylic acids is 1. The van der Waals surface area contributed by atoms with Crippen molar-refractivity contribution in [1.29, 1.82) is 0 Å². The Bertz CT molecular complexity index is 368. The smallest absolute Gasteiger partial charge is 0.316 e. The highest BCUT2D eigenvalue weighted by Crippen LogP contribution is 2.64. The maximum Gasteiger partial charge on any atom is 0.316 e. The van der Waals surface area contributed by atoms with Gasteiger partial charge in [0.2, 0.25) is 0 Å². The van der Waals surface area contributed by atoms with Gasteiger partial charge in [-0.1, -0.05) is 33.3 Å². The molecule has 1 aliphatic heterocycles. The molecule has 0 unspecified atom stereocenters. The number of carbonyl (C=O) groups is 1. The standard InChI is InChI=1S/C15H22O2/c1-10-5-4-6-12-7-15(9-14(10,12)3)11(2)8-17-13(15)16/h10,12H,2,4-9H2,1,3H3/t10-,12-,14+,15+/m1/s1. The predicted octanol–water partition coefficient (Wildman–Crippen LogP) is 3.32. The molecule has 2 nitrogen and oxygen atoms in total. The van der Waals surface area contributed by atoms with Gasteiger partial charge in [-0.2, -0.15) is 0 Å². The Labute approximate surface area is 103 Å². The fraction of sp³-hybridized carbons (Fsp3) is 0.800. The summed E-state index contributed by atoms with van der Waals surface area (Å²) in [6.45, 7) is 9.30. The van der Waals surface area contributed by atoms with E-state index >= 15 is 0 Å². The molecule has 17 heavy (non-hydrogen) atoms. The molecule has 1 spiro atoms. The highest BCUT2D eigenvalue weighted by Gasteiger charge is 2.61. The van der Waals surface area contributed by atoms with Crippen molar-refractivity contribution in [3.8, 4) is 0 Å². The zero-order chi connectivity index (χ0) is 12.3. The lowest BCUT2D eigenvalue weighted by atomic mass is 9.63. The van der Waals surface area contributed by atoms with E-state index in [1.807, 2.05) is 0 Å². The van der Waals surface area contributed by atoms with E-state index in [4.69, 9.17) is 4.74 Å². The Kier molecular flexibility index (Phi) is 2.24. The molecule has 3 fully saturated rings. The summed E-state index contributed by atoms with van der Waals surface area (Å²) in [5, 5.41) is 0. The van der Waals surface area contributed by atoms with E-state index in [-0.39, 0.29) is 11.4 Å². The topological polar surface area (TPSA) is 26.3 Å². The van der Waals surface area contributed by atoms with Crippen LogP contribution in [0.15, 0.2) is 12.2 Å². The molecule has 1 heterocycles. The van der Waals surface area contributed by atoms with Crippen LogP contribution in [0.4, 0.5) is 0 Å². The first-order chi connectivity index (χ1) is 7.99. The van der Waals surface area contributed by atoms with E-state index in [2.05, 4.69) is 20.4 Å². The number of fused-ring (bicyclic) bond motifs is 1. The van der Waals surface area contributed by atoms with Crippen LogP contribution in [0.1, 0.15) is 46.0 Å². The molecule has 3 rings (SSSR count). The first-order valence-electron chi connectivity index (χ1n) is 6.84. The van der Waals surface area contributed by atoms with Gasteiger partial charge >= 0.3 is 5.97 Å². The van der Waals surface area contributed by atoms with Gasteiger partial charge in [0, 0.05) is 0 Å². The minimum Gasteiger partial charge on any atom is -0.460 e. The van der Waals surface area contributed by atoms with Gasteiger partial charge in [0.1, 0.15) is 6.61 Å². The van der Waals surface area contributed by atoms with Crippen molar-refractivity contribution in [1.82, 2.24) is 0 Å². The molecule has 0 bridgehead atoms. The van der Waals surface area contributed by atoms with Crippen LogP contribution >= 0.6 is 0 Å². The van der Waals surface area contributed by atoms with Crippen molar-refractivity contribution >= 4 is 5.97 Å². The Hall–Kier alpha value is -0.790. The highest BCUT2D eigenvalue weighted by atomic mass is 16.5. The summed E-state index contributed by atoms with van der Waals surface area (Å²) in [6.07, 6.45) is 5.88. The molecule has 0 aromatic heterocycles. The minimum atomic E-state index is -0.321.